The minimum atomic E-state index is -0.113. The Morgan fingerprint density at radius 1 is 1.04 bits per heavy atom. The van der Waals surface area contributed by atoms with Crippen molar-refractivity contribution < 1.29 is 4.74 Å². The first-order valence-corrected chi connectivity index (χ1v) is 8.82. The second kappa shape index (κ2) is 5.98. The molecule has 0 amide bonds. The van der Waals surface area contributed by atoms with Crippen molar-refractivity contribution in [3.63, 3.8) is 0 Å². The first-order chi connectivity index (χ1) is 11.3. The van der Waals surface area contributed by atoms with E-state index >= 15 is 0 Å². The van der Waals surface area contributed by atoms with Crippen molar-refractivity contribution in [1.82, 2.24) is 0 Å². The maximum atomic E-state index is 6.61. The third kappa shape index (κ3) is 2.74. The summed E-state index contributed by atoms with van der Waals surface area (Å²) in [6, 6.07) is 19.6. The summed E-state index contributed by atoms with van der Waals surface area (Å²) in [6.45, 7) is 2.26. The molecule has 2 unspecified atom stereocenters. The van der Waals surface area contributed by atoms with Gasteiger partial charge in [-0.05, 0) is 34.8 Å². The number of unbranched alkanes of at least 4 members (excludes halogenated alkanes) is 1. The van der Waals surface area contributed by atoms with Gasteiger partial charge in [-0.2, -0.15) is 0 Å². The smallest absolute Gasteiger partial charge is 0.0917 e. The fourth-order valence-electron chi connectivity index (χ4n) is 4.08. The lowest BCUT2D eigenvalue weighted by atomic mass is 9.76. The highest BCUT2D eigenvalue weighted by Crippen LogP contribution is 2.48. The molecule has 2 aliphatic rings. The minimum Gasteiger partial charge on any atom is -0.362 e. The Bertz CT molecular complexity index is 716. The average molecular weight is 304 g/mol. The van der Waals surface area contributed by atoms with Crippen molar-refractivity contribution in [2.24, 2.45) is 0 Å². The van der Waals surface area contributed by atoms with Gasteiger partial charge >= 0.3 is 0 Å². The number of benzene rings is 2. The molecule has 0 aromatic heterocycles. The van der Waals surface area contributed by atoms with Crippen molar-refractivity contribution in [2.45, 2.75) is 50.7 Å². The van der Waals surface area contributed by atoms with Crippen LogP contribution in [-0.4, -0.2) is 5.60 Å². The fourth-order valence-corrected chi connectivity index (χ4v) is 4.08. The molecule has 0 fully saturated rings. The van der Waals surface area contributed by atoms with Crippen LogP contribution >= 0.6 is 0 Å². The van der Waals surface area contributed by atoms with E-state index in [4.69, 9.17) is 4.74 Å². The largest absolute Gasteiger partial charge is 0.362 e. The van der Waals surface area contributed by atoms with E-state index in [2.05, 4.69) is 67.6 Å². The molecule has 0 aliphatic carbocycles. The lowest BCUT2D eigenvalue weighted by Crippen LogP contribution is -2.41. The fraction of sp³-hybridized carbons (Fsp3) is 0.364. The number of ether oxygens (including phenoxy) is 1. The number of rotatable bonds is 4. The Kier molecular flexibility index (Phi) is 3.82. The van der Waals surface area contributed by atoms with Gasteiger partial charge in [-0.3, -0.25) is 0 Å². The Morgan fingerprint density at radius 2 is 1.83 bits per heavy atom. The normalized spacial score (nSPS) is 25.6. The lowest BCUT2D eigenvalue weighted by Gasteiger charge is -2.45. The predicted octanol–water partition coefficient (Wildman–Crippen LogP) is 5.72. The summed E-state index contributed by atoms with van der Waals surface area (Å²) in [4.78, 5) is 0. The Balaban J connectivity index is 1.77. The van der Waals surface area contributed by atoms with Crippen LogP contribution in [0.25, 0.3) is 5.57 Å². The van der Waals surface area contributed by atoms with Crippen LogP contribution in [0, 0.1) is 0 Å². The second-order valence-corrected chi connectivity index (χ2v) is 6.89. The molecule has 2 aromatic rings. The first-order valence-electron chi connectivity index (χ1n) is 8.82. The van der Waals surface area contributed by atoms with Crippen LogP contribution in [0.4, 0.5) is 0 Å². The molecule has 1 nitrogen and oxygen atoms in total. The molecule has 2 atom stereocenters. The predicted molar refractivity (Wildman–Crippen MR) is 95.3 cm³/mol. The highest BCUT2D eigenvalue weighted by molar-refractivity contribution is 5.69. The van der Waals surface area contributed by atoms with E-state index in [1.54, 1.807) is 0 Å². The van der Waals surface area contributed by atoms with Gasteiger partial charge in [0.05, 0.1) is 11.7 Å². The molecule has 23 heavy (non-hydrogen) atoms. The molecular weight excluding hydrogens is 280 g/mol. The molecule has 2 aliphatic heterocycles. The van der Waals surface area contributed by atoms with E-state index in [0.717, 1.165) is 19.3 Å². The van der Waals surface area contributed by atoms with Gasteiger partial charge in [0, 0.05) is 12.8 Å². The van der Waals surface area contributed by atoms with E-state index in [9.17, 15) is 0 Å². The molecule has 2 bridgehead atoms. The molecule has 1 heteroatoms. The van der Waals surface area contributed by atoms with Gasteiger partial charge in [-0.15, -0.1) is 0 Å². The molecule has 0 saturated carbocycles. The van der Waals surface area contributed by atoms with Crippen LogP contribution in [0.5, 0.6) is 0 Å². The zero-order valence-corrected chi connectivity index (χ0v) is 13.8. The van der Waals surface area contributed by atoms with Crippen LogP contribution < -0.4 is 0 Å². The Hall–Kier alpha value is -1.86. The summed E-state index contributed by atoms with van der Waals surface area (Å²) < 4.78 is 6.61. The highest BCUT2D eigenvalue weighted by Gasteiger charge is 2.41. The van der Waals surface area contributed by atoms with E-state index in [1.807, 2.05) is 0 Å². The van der Waals surface area contributed by atoms with E-state index in [1.165, 1.54) is 35.1 Å². The number of hydrogen-bond donors (Lipinski definition) is 0. The van der Waals surface area contributed by atoms with Gasteiger partial charge in [0.25, 0.3) is 0 Å². The van der Waals surface area contributed by atoms with Gasteiger partial charge < -0.3 is 4.74 Å². The van der Waals surface area contributed by atoms with Crippen LogP contribution in [0.15, 0.2) is 60.7 Å². The Labute approximate surface area is 139 Å². The molecule has 2 aromatic carbocycles. The van der Waals surface area contributed by atoms with Gasteiger partial charge in [0.2, 0.25) is 0 Å². The van der Waals surface area contributed by atoms with Gasteiger partial charge in [0.15, 0.2) is 0 Å². The Morgan fingerprint density at radius 3 is 2.65 bits per heavy atom. The standard InChI is InChI=1S/C22H24O/c1-2-3-13-22-15-18-11-7-8-12-20(18)21(23-22)14-19(16-22)17-9-5-4-6-10-17/h4-12,16,21H,2-3,13-15H2,1H3. The van der Waals surface area contributed by atoms with Gasteiger partial charge in [0.1, 0.15) is 0 Å². The maximum absolute atomic E-state index is 6.61. The molecule has 0 N–H and O–H groups in total. The van der Waals surface area contributed by atoms with Crippen LogP contribution in [-0.2, 0) is 11.2 Å². The summed E-state index contributed by atoms with van der Waals surface area (Å²) >= 11 is 0. The van der Waals surface area contributed by atoms with Crippen molar-refractivity contribution >= 4 is 5.57 Å². The quantitative estimate of drug-likeness (QED) is 0.702. The second-order valence-electron chi connectivity index (χ2n) is 6.89. The number of hydrogen-bond acceptors (Lipinski definition) is 1. The maximum Gasteiger partial charge on any atom is 0.0917 e. The third-order valence-electron chi connectivity index (χ3n) is 5.21. The minimum absolute atomic E-state index is 0.113. The van der Waals surface area contributed by atoms with E-state index in [-0.39, 0.29) is 11.7 Å². The topological polar surface area (TPSA) is 9.23 Å². The highest BCUT2D eigenvalue weighted by atomic mass is 16.5. The van der Waals surface area contributed by atoms with Crippen molar-refractivity contribution in [3.05, 3.63) is 77.4 Å². The molecule has 118 valence electrons. The molecule has 2 heterocycles. The molecule has 0 radical (unpaired) electrons. The molecular formula is C22H24O. The zero-order chi connectivity index (χ0) is 15.7. The summed E-state index contributed by atoms with van der Waals surface area (Å²) in [7, 11) is 0. The summed E-state index contributed by atoms with van der Waals surface area (Å²) in [5.74, 6) is 0. The van der Waals surface area contributed by atoms with Gasteiger partial charge in [-0.1, -0.05) is 74.4 Å². The molecule has 0 saturated heterocycles. The van der Waals surface area contributed by atoms with Crippen molar-refractivity contribution in [3.8, 4) is 0 Å². The van der Waals surface area contributed by atoms with Crippen LogP contribution in [0.3, 0.4) is 0 Å². The SMILES string of the molecule is CCCCC12C=C(c3ccccc3)CC(O1)c1ccccc1C2. The number of fused-ring (bicyclic) bond motifs is 4. The third-order valence-corrected chi connectivity index (χ3v) is 5.21. The monoisotopic (exact) mass is 304 g/mol. The lowest BCUT2D eigenvalue weighted by molar-refractivity contribution is -0.0870. The summed E-state index contributed by atoms with van der Waals surface area (Å²) in [5.41, 5.74) is 5.55. The van der Waals surface area contributed by atoms with Crippen LogP contribution in [0.1, 0.15) is 55.4 Å². The summed E-state index contributed by atoms with van der Waals surface area (Å²) in [6.07, 6.45) is 8.18. The molecule has 4 rings (SSSR count). The first kappa shape index (κ1) is 14.7. The van der Waals surface area contributed by atoms with E-state index < -0.39 is 0 Å². The van der Waals surface area contributed by atoms with Crippen LogP contribution in [0.2, 0.25) is 0 Å². The average Bonchev–Trinajstić information content (AvgIpc) is 2.60. The summed E-state index contributed by atoms with van der Waals surface area (Å²) in [5, 5.41) is 0. The van der Waals surface area contributed by atoms with Crippen molar-refractivity contribution in [2.75, 3.05) is 0 Å². The zero-order valence-electron chi connectivity index (χ0n) is 13.8. The van der Waals surface area contributed by atoms with E-state index in [0.29, 0.717) is 0 Å². The molecule has 0 spiro atoms. The van der Waals surface area contributed by atoms with Crippen molar-refractivity contribution in [1.29, 1.82) is 0 Å². The van der Waals surface area contributed by atoms with Gasteiger partial charge in [-0.25, -0.2) is 0 Å².